The second-order valence-corrected chi connectivity index (χ2v) is 10.4. The van der Waals surface area contributed by atoms with Gasteiger partial charge in [0.05, 0.1) is 5.75 Å². The van der Waals surface area contributed by atoms with E-state index in [-0.39, 0.29) is 27.4 Å². The van der Waals surface area contributed by atoms with Crippen molar-refractivity contribution in [2.24, 2.45) is 5.92 Å². The Hall–Kier alpha value is -1.84. The summed E-state index contributed by atoms with van der Waals surface area (Å²) < 4.78 is 36.0. The molecule has 1 amide bonds. The van der Waals surface area contributed by atoms with Crippen LogP contribution in [0.3, 0.4) is 0 Å². The Morgan fingerprint density at radius 2 is 1.79 bits per heavy atom. The molecular weight excluding hydrogens is 441 g/mol. The molecule has 1 N–H and O–H groups in total. The highest BCUT2D eigenvalue weighted by Crippen LogP contribution is 2.29. The van der Waals surface area contributed by atoms with Gasteiger partial charge in [0.25, 0.3) is 0 Å². The second-order valence-electron chi connectivity index (χ2n) is 7.73. The Kier molecular flexibility index (Phi) is 7.19. The lowest BCUT2D eigenvalue weighted by Crippen LogP contribution is -2.37. The van der Waals surface area contributed by atoms with Gasteiger partial charge in [-0.3, -0.25) is 0 Å². The number of alkyl carbamates (subject to hydrolysis) is 1. The first-order chi connectivity index (χ1) is 13.3. The van der Waals surface area contributed by atoms with Gasteiger partial charge in [0, 0.05) is 15.6 Å². The molecule has 1 heterocycles. The highest BCUT2D eigenvalue weighted by atomic mass is 35.5. The highest BCUT2D eigenvalue weighted by Gasteiger charge is 2.30. The van der Waals surface area contributed by atoms with Gasteiger partial charge in [-0.25, -0.2) is 13.2 Å². The molecule has 1 aromatic heterocycles. The molecule has 0 aliphatic rings. The van der Waals surface area contributed by atoms with Crippen molar-refractivity contribution in [2.75, 3.05) is 0 Å². The van der Waals surface area contributed by atoms with Crippen molar-refractivity contribution in [2.45, 2.75) is 57.2 Å². The maximum absolute atomic E-state index is 12.7. The molecule has 0 bridgehead atoms. The summed E-state index contributed by atoms with van der Waals surface area (Å²) >= 11 is 12.1. The third-order valence-corrected chi connectivity index (χ3v) is 5.76. The number of ether oxygens (including phenoxy) is 1. The molecule has 8 nitrogen and oxygen atoms in total. The first-order valence-corrected chi connectivity index (χ1v) is 11.2. The fourth-order valence-corrected chi connectivity index (χ4v) is 4.22. The molecule has 0 spiro atoms. The largest absolute Gasteiger partial charge is 0.444 e. The lowest BCUT2D eigenvalue weighted by Gasteiger charge is -2.23. The summed E-state index contributed by atoms with van der Waals surface area (Å²) in [5, 5.41) is 9.93. The van der Waals surface area contributed by atoms with Crippen LogP contribution in [0.15, 0.2) is 27.8 Å². The molecule has 160 valence electrons. The SMILES string of the molecule is CC(C)C(NC(=O)OC(C)(C)C)c1nnc(S(=O)(=O)Cc2c(Cl)cccc2Cl)o1. The monoisotopic (exact) mass is 463 g/mol. The van der Waals surface area contributed by atoms with Crippen LogP contribution in [0.25, 0.3) is 0 Å². The van der Waals surface area contributed by atoms with Gasteiger partial charge in [-0.2, -0.15) is 0 Å². The number of halogens is 2. The number of aromatic nitrogens is 2. The molecule has 0 aliphatic heterocycles. The number of nitrogens with zero attached hydrogens (tertiary/aromatic N) is 2. The van der Waals surface area contributed by atoms with Crippen LogP contribution in [0.1, 0.15) is 52.1 Å². The van der Waals surface area contributed by atoms with Crippen molar-refractivity contribution in [3.63, 3.8) is 0 Å². The summed E-state index contributed by atoms with van der Waals surface area (Å²) in [6.45, 7) is 8.81. The fourth-order valence-electron chi connectivity index (χ4n) is 2.34. The lowest BCUT2D eigenvalue weighted by molar-refractivity contribution is 0.0477. The minimum absolute atomic E-state index is 0.0466. The van der Waals surface area contributed by atoms with Crippen molar-refractivity contribution < 1.29 is 22.4 Å². The minimum Gasteiger partial charge on any atom is -0.444 e. The van der Waals surface area contributed by atoms with Crippen LogP contribution in [0.4, 0.5) is 4.79 Å². The summed E-state index contributed by atoms with van der Waals surface area (Å²) in [6, 6.07) is 3.96. The van der Waals surface area contributed by atoms with E-state index < -0.39 is 38.5 Å². The van der Waals surface area contributed by atoms with E-state index in [0.29, 0.717) is 0 Å². The number of rotatable bonds is 6. The van der Waals surface area contributed by atoms with E-state index in [1.54, 1.807) is 26.8 Å². The number of benzene rings is 1. The number of amides is 1. The minimum atomic E-state index is -4.01. The predicted molar refractivity (Wildman–Crippen MR) is 109 cm³/mol. The van der Waals surface area contributed by atoms with Gasteiger partial charge in [-0.1, -0.05) is 48.2 Å². The summed E-state index contributed by atoms with van der Waals surface area (Å²) in [6.07, 6.45) is -0.679. The molecule has 11 heteroatoms. The zero-order chi connectivity index (χ0) is 22.0. The van der Waals surface area contributed by atoms with Gasteiger partial charge >= 0.3 is 11.3 Å². The van der Waals surface area contributed by atoms with Crippen LogP contribution in [0.5, 0.6) is 0 Å². The van der Waals surface area contributed by atoms with Crippen LogP contribution >= 0.6 is 23.2 Å². The van der Waals surface area contributed by atoms with Crippen molar-refractivity contribution in [1.82, 2.24) is 15.5 Å². The third kappa shape index (κ3) is 6.32. The number of hydrogen-bond acceptors (Lipinski definition) is 7. The maximum Gasteiger partial charge on any atom is 0.408 e. The Labute approximate surface area is 179 Å². The quantitative estimate of drug-likeness (QED) is 0.667. The molecule has 0 saturated heterocycles. The Morgan fingerprint density at radius 3 is 2.31 bits per heavy atom. The van der Waals surface area contributed by atoms with Gasteiger partial charge in [-0.05, 0) is 38.8 Å². The normalized spacial score (nSPS) is 13.4. The second kappa shape index (κ2) is 8.89. The number of carbonyl (C=O) groups is 1. The molecule has 0 radical (unpaired) electrons. The summed E-state index contributed by atoms with van der Waals surface area (Å²) in [5.74, 6) is -0.717. The molecule has 2 rings (SSSR count). The van der Waals surface area contributed by atoms with E-state index in [2.05, 4.69) is 15.5 Å². The van der Waals surface area contributed by atoms with E-state index in [9.17, 15) is 13.2 Å². The Morgan fingerprint density at radius 1 is 1.21 bits per heavy atom. The Bertz CT molecular complexity index is 963. The van der Waals surface area contributed by atoms with Crippen LogP contribution < -0.4 is 5.32 Å². The number of hydrogen-bond donors (Lipinski definition) is 1. The smallest absolute Gasteiger partial charge is 0.408 e. The van der Waals surface area contributed by atoms with Crippen molar-refractivity contribution >= 4 is 39.1 Å². The molecule has 2 aromatic rings. The summed E-state index contributed by atoms with van der Waals surface area (Å²) in [4.78, 5) is 12.1. The molecule has 1 aromatic carbocycles. The molecule has 0 fully saturated rings. The van der Waals surface area contributed by atoms with Crippen molar-refractivity contribution in [3.8, 4) is 0 Å². The molecule has 0 saturated carbocycles. The first kappa shape index (κ1) is 23.4. The van der Waals surface area contributed by atoms with E-state index in [1.165, 1.54) is 12.1 Å². The molecular formula is C18H23Cl2N3O5S. The fraction of sp³-hybridized carbons (Fsp3) is 0.500. The van der Waals surface area contributed by atoms with Crippen LogP contribution in [-0.4, -0.2) is 30.3 Å². The average molecular weight is 464 g/mol. The Balaban J connectivity index is 2.25. The van der Waals surface area contributed by atoms with Crippen LogP contribution in [0, 0.1) is 5.92 Å². The van der Waals surface area contributed by atoms with E-state index in [1.807, 2.05) is 13.8 Å². The van der Waals surface area contributed by atoms with E-state index in [4.69, 9.17) is 32.4 Å². The topological polar surface area (TPSA) is 111 Å². The summed E-state index contributed by atoms with van der Waals surface area (Å²) in [7, 11) is -4.01. The molecule has 1 unspecified atom stereocenters. The van der Waals surface area contributed by atoms with Gasteiger partial charge in [0.2, 0.25) is 15.7 Å². The van der Waals surface area contributed by atoms with Gasteiger partial charge in [0.1, 0.15) is 11.6 Å². The summed E-state index contributed by atoms with van der Waals surface area (Å²) in [5.41, 5.74) is -0.453. The van der Waals surface area contributed by atoms with Crippen LogP contribution in [0.2, 0.25) is 10.0 Å². The molecule has 29 heavy (non-hydrogen) atoms. The van der Waals surface area contributed by atoms with Crippen LogP contribution in [-0.2, 0) is 20.3 Å². The van der Waals surface area contributed by atoms with Crippen molar-refractivity contribution in [3.05, 3.63) is 39.7 Å². The third-order valence-electron chi connectivity index (χ3n) is 3.69. The molecule has 0 aliphatic carbocycles. The van der Waals surface area contributed by atoms with E-state index >= 15 is 0 Å². The predicted octanol–water partition coefficient (Wildman–Crippen LogP) is 4.57. The van der Waals surface area contributed by atoms with E-state index in [0.717, 1.165) is 0 Å². The van der Waals surface area contributed by atoms with Gasteiger partial charge < -0.3 is 14.5 Å². The standard InChI is InChI=1S/C18H23Cl2N3O5S/c1-10(2)14(21-16(24)28-18(3,4)5)15-22-23-17(27-15)29(25,26)9-11-12(19)7-6-8-13(11)20/h6-8,10,14H,9H2,1-5H3,(H,21,24). The number of sulfone groups is 1. The van der Waals surface area contributed by atoms with Gasteiger partial charge in [-0.15, -0.1) is 5.10 Å². The average Bonchev–Trinajstić information content (AvgIpc) is 3.05. The number of carbonyl (C=O) groups excluding carboxylic acids is 1. The highest BCUT2D eigenvalue weighted by molar-refractivity contribution is 7.90. The zero-order valence-electron chi connectivity index (χ0n) is 16.7. The molecule has 1 atom stereocenters. The van der Waals surface area contributed by atoms with Crippen molar-refractivity contribution in [1.29, 1.82) is 0 Å². The maximum atomic E-state index is 12.7. The zero-order valence-corrected chi connectivity index (χ0v) is 19.0. The lowest BCUT2D eigenvalue weighted by atomic mass is 10.1. The van der Waals surface area contributed by atoms with Gasteiger partial charge in [0.15, 0.2) is 0 Å². The number of nitrogens with one attached hydrogen (secondary N) is 1. The first-order valence-electron chi connectivity index (χ1n) is 8.78.